The van der Waals surface area contributed by atoms with Gasteiger partial charge in [0.25, 0.3) is 0 Å². The van der Waals surface area contributed by atoms with Crippen LogP contribution in [0.4, 0.5) is 5.82 Å². The second-order valence-electron chi connectivity index (χ2n) is 4.07. The van der Waals surface area contributed by atoms with E-state index in [-0.39, 0.29) is 0 Å². The molecular weight excluding hydrogens is 297 g/mol. The number of nitrogens with zero attached hydrogens (tertiary/aromatic N) is 2. The molecule has 1 heterocycles. The third-order valence-electron chi connectivity index (χ3n) is 2.67. The number of aromatic nitrogens is 2. The number of rotatable bonds is 5. The molecule has 1 aromatic carbocycles. The zero-order chi connectivity index (χ0) is 14.5. The second-order valence-corrected chi connectivity index (χ2v) is 4.91. The van der Waals surface area contributed by atoms with Gasteiger partial charge in [0.05, 0.1) is 10.7 Å². The molecular formula is C14H15Cl2N3O. The molecule has 2 aromatic rings. The third kappa shape index (κ3) is 3.60. The zero-order valence-corrected chi connectivity index (χ0v) is 12.8. The van der Waals surface area contributed by atoms with Crippen molar-refractivity contribution in [1.82, 2.24) is 9.97 Å². The molecule has 0 unspecified atom stereocenters. The Morgan fingerprint density at radius 2 is 2.00 bits per heavy atom. The Morgan fingerprint density at radius 1 is 1.20 bits per heavy atom. The van der Waals surface area contributed by atoms with E-state index in [2.05, 4.69) is 15.3 Å². The van der Waals surface area contributed by atoms with Crippen molar-refractivity contribution in [3.05, 3.63) is 40.1 Å². The van der Waals surface area contributed by atoms with E-state index in [1.54, 1.807) is 25.2 Å². The average Bonchev–Trinajstić information content (AvgIpc) is 2.47. The fourth-order valence-corrected chi connectivity index (χ4v) is 2.10. The zero-order valence-electron chi connectivity index (χ0n) is 11.3. The summed E-state index contributed by atoms with van der Waals surface area (Å²) in [5.41, 5.74) is 1.49. The molecule has 2 rings (SSSR count). The van der Waals surface area contributed by atoms with Gasteiger partial charge in [0.2, 0.25) is 0 Å². The van der Waals surface area contributed by atoms with E-state index in [0.717, 1.165) is 5.56 Å². The Balaban J connectivity index is 2.46. The van der Waals surface area contributed by atoms with E-state index in [9.17, 15) is 0 Å². The monoisotopic (exact) mass is 311 g/mol. The fourth-order valence-electron chi connectivity index (χ4n) is 1.71. The SMILES string of the molecule is CCOCc1nc(NC)cc(-c2cc(Cl)ccc2Cl)n1. The Hall–Kier alpha value is -1.36. The van der Waals surface area contributed by atoms with Crippen LogP contribution in [0.5, 0.6) is 0 Å². The number of benzene rings is 1. The molecule has 0 fully saturated rings. The summed E-state index contributed by atoms with van der Waals surface area (Å²) in [6.07, 6.45) is 0. The Morgan fingerprint density at radius 3 is 2.70 bits per heavy atom. The van der Waals surface area contributed by atoms with Crippen LogP contribution in [-0.2, 0) is 11.3 Å². The van der Waals surface area contributed by atoms with E-state index in [4.69, 9.17) is 27.9 Å². The van der Waals surface area contributed by atoms with Crippen molar-refractivity contribution in [3.8, 4) is 11.3 Å². The normalized spacial score (nSPS) is 10.6. The molecule has 0 saturated heterocycles. The Kier molecular flexibility index (Phi) is 5.17. The van der Waals surface area contributed by atoms with Gasteiger partial charge in [-0.25, -0.2) is 9.97 Å². The lowest BCUT2D eigenvalue weighted by Gasteiger charge is -2.09. The fraction of sp³-hybridized carbons (Fsp3) is 0.286. The number of nitrogens with one attached hydrogen (secondary N) is 1. The van der Waals surface area contributed by atoms with E-state index in [1.807, 2.05) is 13.0 Å². The molecule has 0 amide bonds. The van der Waals surface area contributed by atoms with Gasteiger partial charge in [-0.15, -0.1) is 0 Å². The van der Waals surface area contributed by atoms with Crippen molar-refractivity contribution < 1.29 is 4.74 Å². The number of hydrogen-bond donors (Lipinski definition) is 1. The molecule has 106 valence electrons. The minimum atomic E-state index is 0.358. The lowest BCUT2D eigenvalue weighted by Crippen LogP contribution is -2.04. The minimum Gasteiger partial charge on any atom is -0.374 e. The van der Waals surface area contributed by atoms with Gasteiger partial charge in [0.1, 0.15) is 12.4 Å². The summed E-state index contributed by atoms with van der Waals surface area (Å²) in [5, 5.41) is 4.21. The summed E-state index contributed by atoms with van der Waals surface area (Å²) in [6.45, 7) is 2.90. The quantitative estimate of drug-likeness (QED) is 0.905. The maximum absolute atomic E-state index is 6.21. The van der Waals surface area contributed by atoms with Crippen molar-refractivity contribution in [2.45, 2.75) is 13.5 Å². The van der Waals surface area contributed by atoms with Crippen molar-refractivity contribution in [2.24, 2.45) is 0 Å². The first-order chi connectivity index (χ1) is 9.63. The van der Waals surface area contributed by atoms with E-state index in [1.165, 1.54) is 0 Å². The van der Waals surface area contributed by atoms with E-state index < -0.39 is 0 Å². The van der Waals surface area contributed by atoms with Gasteiger partial charge >= 0.3 is 0 Å². The molecule has 0 bridgehead atoms. The molecule has 1 N–H and O–H groups in total. The molecule has 0 atom stereocenters. The largest absolute Gasteiger partial charge is 0.374 e. The molecule has 6 heteroatoms. The van der Waals surface area contributed by atoms with Crippen LogP contribution in [0.1, 0.15) is 12.7 Å². The molecule has 1 aromatic heterocycles. The predicted octanol–water partition coefficient (Wildman–Crippen LogP) is 4.03. The van der Waals surface area contributed by atoms with Crippen LogP contribution in [0, 0.1) is 0 Å². The molecule has 0 radical (unpaired) electrons. The van der Waals surface area contributed by atoms with Gasteiger partial charge in [-0.3, -0.25) is 0 Å². The smallest absolute Gasteiger partial charge is 0.157 e. The van der Waals surface area contributed by atoms with Crippen molar-refractivity contribution >= 4 is 29.0 Å². The molecule has 0 saturated carbocycles. The Bertz CT molecular complexity index is 605. The van der Waals surface area contributed by atoms with Crippen LogP contribution in [-0.4, -0.2) is 23.6 Å². The highest BCUT2D eigenvalue weighted by Gasteiger charge is 2.10. The maximum Gasteiger partial charge on any atom is 0.157 e. The highest BCUT2D eigenvalue weighted by Crippen LogP contribution is 2.30. The number of anilines is 1. The number of halogens is 2. The summed E-state index contributed by atoms with van der Waals surface area (Å²) in [6, 6.07) is 7.11. The van der Waals surface area contributed by atoms with Crippen molar-refractivity contribution in [1.29, 1.82) is 0 Å². The van der Waals surface area contributed by atoms with Gasteiger partial charge in [-0.1, -0.05) is 23.2 Å². The number of ether oxygens (including phenoxy) is 1. The number of hydrogen-bond acceptors (Lipinski definition) is 4. The van der Waals surface area contributed by atoms with Crippen LogP contribution in [0.15, 0.2) is 24.3 Å². The summed E-state index contributed by atoms with van der Waals surface area (Å²) in [7, 11) is 1.80. The van der Waals surface area contributed by atoms with Gasteiger partial charge < -0.3 is 10.1 Å². The highest BCUT2D eigenvalue weighted by atomic mass is 35.5. The lowest BCUT2D eigenvalue weighted by molar-refractivity contribution is 0.128. The maximum atomic E-state index is 6.21. The molecule has 0 aliphatic rings. The van der Waals surface area contributed by atoms with Crippen LogP contribution < -0.4 is 5.32 Å². The van der Waals surface area contributed by atoms with E-state index >= 15 is 0 Å². The van der Waals surface area contributed by atoms with Crippen molar-refractivity contribution in [2.75, 3.05) is 19.0 Å². The summed E-state index contributed by atoms with van der Waals surface area (Å²) in [4.78, 5) is 8.82. The van der Waals surface area contributed by atoms with Crippen LogP contribution in [0.3, 0.4) is 0 Å². The van der Waals surface area contributed by atoms with Gasteiger partial charge in [0, 0.05) is 30.3 Å². The second kappa shape index (κ2) is 6.88. The molecule has 20 heavy (non-hydrogen) atoms. The predicted molar refractivity (Wildman–Crippen MR) is 82.4 cm³/mol. The highest BCUT2D eigenvalue weighted by molar-refractivity contribution is 6.35. The van der Waals surface area contributed by atoms with E-state index in [0.29, 0.717) is 40.6 Å². The summed E-state index contributed by atoms with van der Waals surface area (Å²) >= 11 is 12.2. The minimum absolute atomic E-state index is 0.358. The van der Waals surface area contributed by atoms with Crippen molar-refractivity contribution in [3.63, 3.8) is 0 Å². The van der Waals surface area contributed by atoms with Gasteiger partial charge in [0.15, 0.2) is 5.82 Å². The Labute approximate surface area is 128 Å². The first-order valence-electron chi connectivity index (χ1n) is 6.23. The standard InChI is InChI=1S/C14H15Cl2N3O/c1-3-20-8-14-18-12(7-13(17-2)19-14)10-6-9(15)4-5-11(10)16/h4-7H,3,8H2,1-2H3,(H,17,18,19). The molecule has 0 aliphatic heterocycles. The molecule has 0 aliphatic carbocycles. The first kappa shape index (κ1) is 15.0. The topological polar surface area (TPSA) is 47.0 Å². The van der Waals surface area contributed by atoms with Crippen LogP contribution in [0.2, 0.25) is 10.0 Å². The summed E-state index contributed by atoms with van der Waals surface area (Å²) < 4.78 is 5.35. The molecule has 0 spiro atoms. The van der Waals surface area contributed by atoms with Crippen LogP contribution in [0.25, 0.3) is 11.3 Å². The molecule has 4 nitrogen and oxygen atoms in total. The first-order valence-corrected chi connectivity index (χ1v) is 6.98. The average molecular weight is 312 g/mol. The van der Waals surface area contributed by atoms with Gasteiger partial charge in [-0.2, -0.15) is 0 Å². The van der Waals surface area contributed by atoms with Crippen LogP contribution >= 0.6 is 23.2 Å². The summed E-state index contributed by atoms with van der Waals surface area (Å²) in [5.74, 6) is 1.31. The third-order valence-corrected chi connectivity index (χ3v) is 3.23. The van der Waals surface area contributed by atoms with Gasteiger partial charge in [-0.05, 0) is 25.1 Å². The lowest BCUT2D eigenvalue weighted by atomic mass is 10.1.